The third-order valence-corrected chi connectivity index (χ3v) is 5.61. The Kier molecular flexibility index (Phi) is 12.0. The second-order valence-electron chi connectivity index (χ2n) is 8.09. The number of quaternary nitrogens is 1. The van der Waals surface area contributed by atoms with Crippen LogP contribution < -0.4 is 5.11 Å². The van der Waals surface area contributed by atoms with Crippen molar-refractivity contribution in [1.29, 1.82) is 0 Å². The first kappa shape index (κ1) is 25.9. The molecule has 0 saturated carbocycles. The number of carboxylic acid groups (broad SMARTS) is 1. The highest BCUT2D eigenvalue weighted by molar-refractivity contribution is 6.03. The van der Waals surface area contributed by atoms with Crippen LogP contribution >= 0.6 is 0 Å². The first-order valence-corrected chi connectivity index (χ1v) is 11.5. The Bertz CT molecular complexity index is 708. The van der Waals surface area contributed by atoms with Crippen molar-refractivity contribution in [3.05, 3.63) is 17.7 Å². The van der Waals surface area contributed by atoms with E-state index in [4.69, 9.17) is 5.11 Å². The first-order chi connectivity index (χ1) is 14.4. The molecule has 7 nitrogen and oxygen atoms in total. The van der Waals surface area contributed by atoms with Crippen molar-refractivity contribution in [1.82, 2.24) is 15.4 Å². The van der Waals surface area contributed by atoms with E-state index < -0.39 is 11.7 Å². The van der Waals surface area contributed by atoms with Gasteiger partial charge in [0, 0.05) is 0 Å². The molecule has 0 fully saturated rings. The van der Waals surface area contributed by atoms with Gasteiger partial charge in [-0.3, -0.25) is 0 Å². The number of aromatic nitrogens is 3. The molecule has 0 radical (unpaired) electrons. The lowest BCUT2D eigenvalue weighted by atomic mass is 10.1. The van der Waals surface area contributed by atoms with Crippen LogP contribution in [-0.4, -0.2) is 57.1 Å². The van der Waals surface area contributed by atoms with Gasteiger partial charge in [0.15, 0.2) is 0 Å². The summed E-state index contributed by atoms with van der Waals surface area (Å²) < 4.78 is 1.42. The number of H-pyrrole nitrogens is 1. The maximum atomic E-state index is 11.1. The fraction of sp³-hybridized carbons (Fsp3) is 0.696. The van der Waals surface area contributed by atoms with E-state index in [1.807, 2.05) is 0 Å². The Morgan fingerprint density at radius 3 is 1.77 bits per heavy atom. The van der Waals surface area contributed by atoms with Crippen LogP contribution in [-0.2, 0) is 0 Å². The van der Waals surface area contributed by atoms with E-state index in [1.54, 1.807) is 0 Å². The number of carbonyl (C=O) groups is 1. The molecule has 0 aliphatic carbocycles. The molecule has 7 heteroatoms. The molecule has 0 aliphatic rings. The summed E-state index contributed by atoms with van der Waals surface area (Å²) in [5.74, 6) is -1.85. The van der Waals surface area contributed by atoms with Crippen LogP contribution in [0.25, 0.3) is 11.0 Å². The highest BCUT2D eigenvalue weighted by Crippen LogP contribution is 2.21. The van der Waals surface area contributed by atoms with E-state index in [9.17, 15) is 9.90 Å². The van der Waals surface area contributed by atoms with Crippen LogP contribution in [0, 0.1) is 0 Å². The van der Waals surface area contributed by atoms with Crippen molar-refractivity contribution in [3.8, 4) is 5.75 Å². The van der Waals surface area contributed by atoms with Crippen molar-refractivity contribution >= 4 is 17.0 Å². The van der Waals surface area contributed by atoms with Gasteiger partial charge in [-0.05, 0) is 31.7 Å². The van der Waals surface area contributed by atoms with Crippen LogP contribution in [0.2, 0.25) is 0 Å². The number of fused-ring (bicyclic) bond motifs is 1. The zero-order chi connectivity index (χ0) is 22.4. The Morgan fingerprint density at radius 1 is 0.900 bits per heavy atom. The summed E-state index contributed by atoms with van der Waals surface area (Å²) >= 11 is 0. The molecule has 2 aromatic rings. The Labute approximate surface area is 181 Å². The van der Waals surface area contributed by atoms with Crippen molar-refractivity contribution in [2.24, 2.45) is 0 Å². The van der Waals surface area contributed by atoms with Gasteiger partial charge in [0.2, 0.25) is 0 Å². The van der Waals surface area contributed by atoms with Gasteiger partial charge in [-0.25, -0.2) is 4.79 Å². The largest absolute Gasteiger partial charge is 0.872 e. The molecule has 1 aromatic heterocycles. The molecule has 1 aromatic carbocycles. The highest BCUT2D eigenvalue weighted by Gasteiger charge is 2.24. The number of hydrogen-bond donors (Lipinski definition) is 2. The zero-order valence-corrected chi connectivity index (χ0v) is 19.2. The van der Waals surface area contributed by atoms with Gasteiger partial charge < -0.3 is 14.7 Å². The van der Waals surface area contributed by atoms with Gasteiger partial charge in [-0.1, -0.05) is 65.2 Å². The molecular formula is C23H40N4O3. The van der Waals surface area contributed by atoms with Gasteiger partial charge in [-0.15, -0.1) is 0 Å². The maximum Gasteiger partial charge on any atom is 0.337 e. The maximum absolute atomic E-state index is 11.1. The third kappa shape index (κ3) is 7.94. The summed E-state index contributed by atoms with van der Waals surface area (Å²) in [6, 6.07) is 2.59. The Hall–Kier alpha value is -2.15. The van der Waals surface area contributed by atoms with Gasteiger partial charge >= 0.3 is 5.97 Å². The summed E-state index contributed by atoms with van der Waals surface area (Å²) in [7, 11) is 0. The van der Waals surface area contributed by atoms with Gasteiger partial charge in [0.25, 0.3) is 0 Å². The van der Waals surface area contributed by atoms with Crippen LogP contribution in [0.3, 0.4) is 0 Å². The van der Waals surface area contributed by atoms with Crippen molar-refractivity contribution < 1.29 is 19.5 Å². The Balaban J connectivity index is 0.000000308. The Morgan fingerprint density at radius 2 is 1.37 bits per heavy atom. The van der Waals surface area contributed by atoms with Gasteiger partial charge in [0.1, 0.15) is 11.0 Å². The lowest BCUT2D eigenvalue weighted by Gasteiger charge is -2.39. The van der Waals surface area contributed by atoms with Crippen molar-refractivity contribution in [2.75, 3.05) is 26.2 Å². The molecule has 2 rings (SSSR count). The number of nitrogens with one attached hydrogen (secondary N) is 1. The smallest absolute Gasteiger partial charge is 0.337 e. The number of aromatic amines is 1. The first-order valence-electron chi connectivity index (χ1n) is 11.5. The minimum Gasteiger partial charge on any atom is -0.872 e. The topological polar surface area (TPSA) is 102 Å². The van der Waals surface area contributed by atoms with Crippen LogP contribution in [0.5, 0.6) is 5.75 Å². The molecule has 2 N–H and O–H groups in total. The number of nitrogens with zero attached hydrogens (tertiary/aromatic N) is 3. The fourth-order valence-electron chi connectivity index (χ4n) is 3.75. The highest BCUT2D eigenvalue weighted by atomic mass is 16.4. The van der Waals surface area contributed by atoms with E-state index in [-0.39, 0.29) is 11.1 Å². The normalized spacial score (nSPS) is 11.3. The summed E-state index contributed by atoms with van der Waals surface area (Å²) in [6.45, 7) is 15.0. The second kappa shape index (κ2) is 14.0. The van der Waals surface area contributed by atoms with Crippen molar-refractivity contribution in [3.63, 3.8) is 0 Å². The van der Waals surface area contributed by atoms with E-state index in [0.717, 1.165) is 6.07 Å². The summed E-state index contributed by atoms with van der Waals surface area (Å²) in [4.78, 5) is 10.7. The molecule has 0 bridgehead atoms. The molecule has 0 saturated heterocycles. The van der Waals surface area contributed by atoms with Crippen LogP contribution in [0.15, 0.2) is 12.1 Å². The summed E-state index contributed by atoms with van der Waals surface area (Å²) in [5.41, 5.74) is 0.128. The molecule has 0 aliphatic heterocycles. The minimum absolute atomic E-state index is 0.0972. The standard InChI is InChI=1S/C16H36N.C7H5N3O3/c1-5-9-13-17(14-10-6-2,15-11-7-3)16-12-8-4;11-4-2-1-3-6(9-10-8-3)5(4)7(12)13/h5-16H2,1-4H3;1-2,11H,(H,12,13)(H,8,9,10)/q+1;/p-1. The molecule has 30 heavy (non-hydrogen) atoms. The summed E-state index contributed by atoms with van der Waals surface area (Å²) in [5, 5.41) is 29.3. The number of aromatic carboxylic acids is 1. The van der Waals surface area contributed by atoms with Gasteiger partial charge in [-0.2, -0.15) is 15.4 Å². The molecule has 0 atom stereocenters. The fourth-order valence-corrected chi connectivity index (χ4v) is 3.75. The van der Waals surface area contributed by atoms with Gasteiger partial charge in [0.05, 0.1) is 31.7 Å². The number of hydrogen-bond acceptors (Lipinski definition) is 4. The SMILES string of the molecule is CCCC[N+](CCCC)(CCCC)CCCC.O=C(O)c1c([O-])ccc2n[nH]nc12. The van der Waals surface area contributed by atoms with E-state index >= 15 is 0 Å². The minimum atomic E-state index is -1.29. The molecule has 0 spiro atoms. The molecule has 0 amide bonds. The molecule has 0 unspecified atom stereocenters. The quantitative estimate of drug-likeness (QED) is 0.456. The predicted molar refractivity (Wildman–Crippen MR) is 120 cm³/mol. The van der Waals surface area contributed by atoms with Crippen molar-refractivity contribution in [2.45, 2.75) is 79.1 Å². The predicted octanol–water partition coefficient (Wildman–Crippen LogP) is 4.73. The van der Waals surface area contributed by atoms with Crippen LogP contribution in [0.4, 0.5) is 0 Å². The number of carboxylic acids is 1. The lowest BCUT2D eigenvalue weighted by molar-refractivity contribution is -0.929. The lowest BCUT2D eigenvalue weighted by Crippen LogP contribution is -2.50. The van der Waals surface area contributed by atoms with E-state index in [0.29, 0.717) is 5.52 Å². The second-order valence-corrected chi connectivity index (χ2v) is 8.09. The number of rotatable bonds is 13. The van der Waals surface area contributed by atoms with E-state index in [1.165, 1.54) is 88.1 Å². The third-order valence-electron chi connectivity index (χ3n) is 5.61. The molecule has 170 valence electrons. The monoisotopic (exact) mass is 420 g/mol. The average molecular weight is 421 g/mol. The zero-order valence-electron chi connectivity index (χ0n) is 19.2. The average Bonchev–Trinajstić information content (AvgIpc) is 3.21. The summed E-state index contributed by atoms with van der Waals surface area (Å²) in [6.07, 6.45) is 11.1. The number of benzene rings is 1. The number of unbranched alkanes of at least 4 members (excludes halogenated alkanes) is 4. The van der Waals surface area contributed by atoms with Crippen LogP contribution in [0.1, 0.15) is 89.4 Å². The van der Waals surface area contributed by atoms with E-state index in [2.05, 4.69) is 43.1 Å². The molecular weight excluding hydrogens is 380 g/mol. The molecule has 1 heterocycles.